The van der Waals surface area contributed by atoms with E-state index >= 15 is 0 Å². The van der Waals surface area contributed by atoms with Gasteiger partial charge in [0.15, 0.2) is 0 Å². The Kier molecular flexibility index (Phi) is 5.26. The first-order valence-electron chi connectivity index (χ1n) is 9.74. The minimum atomic E-state index is -0.972. The first-order valence-corrected chi connectivity index (χ1v) is 10.6. The molecule has 0 bridgehead atoms. The average Bonchev–Trinajstić information content (AvgIpc) is 3.15. The predicted molar refractivity (Wildman–Crippen MR) is 122 cm³/mol. The van der Waals surface area contributed by atoms with E-state index in [2.05, 4.69) is 39.6 Å². The maximum absolute atomic E-state index is 11.6. The zero-order valence-corrected chi connectivity index (χ0v) is 18.0. The molecule has 0 aliphatic heterocycles. The second-order valence-corrected chi connectivity index (χ2v) is 8.97. The van der Waals surface area contributed by atoms with Crippen LogP contribution in [0.15, 0.2) is 60.7 Å². The van der Waals surface area contributed by atoms with Crippen molar-refractivity contribution in [2.75, 3.05) is 5.32 Å². The van der Waals surface area contributed by atoms with E-state index in [1.165, 1.54) is 15.0 Å². The maximum atomic E-state index is 11.6. The van der Waals surface area contributed by atoms with Crippen LogP contribution >= 0.6 is 11.3 Å². The fraction of sp³-hybridized carbons (Fsp3) is 0.208. The van der Waals surface area contributed by atoms with Gasteiger partial charge in [-0.25, -0.2) is 9.97 Å². The van der Waals surface area contributed by atoms with Gasteiger partial charge in [-0.3, -0.25) is 4.79 Å². The third kappa shape index (κ3) is 4.04. The van der Waals surface area contributed by atoms with Gasteiger partial charge < -0.3 is 10.4 Å². The number of hydrogen-bond acceptors (Lipinski definition) is 5. The summed E-state index contributed by atoms with van der Waals surface area (Å²) in [7, 11) is 0. The van der Waals surface area contributed by atoms with Crippen LogP contribution in [0.2, 0.25) is 0 Å². The molecule has 0 saturated carbocycles. The molecule has 0 saturated heterocycles. The average molecular weight is 418 g/mol. The van der Waals surface area contributed by atoms with Gasteiger partial charge in [0.1, 0.15) is 11.6 Å². The third-order valence-electron chi connectivity index (χ3n) is 5.17. The van der Waals surface area contributed by atoms with Crippen molar-refractivity contribution >= 4 is 33.2 Å². The highest BCUT2D eigenvalue weighted by molar-refractivity contribution is 7.19. The van der Waals surface area contributed by atoms with Gasteiger partial charge in [0.2, 0.25) is 0 Å². The standard InChI is InChI=1S/C24H23N3O2S/c1-15-26-20(16-8-6-9-18(11-16)24(2,3)23(28)29)13-22(27-15)25-14-19-12-17-7-4-5-10-21(17)30-19/h4-13H,14H2,1-3H3,(H,28,29)(H,25,26,27). The van der Waals surface area contributed by atoms with Crippen molar-refractivity contribution in [3.63, 3.8) is 0 Å². The molecular weight excluding hydrogens is 394 g/mol. The Bertz CT molecular complexity index is 1200. The molecule has 0 atom stereocenters. The molecule has 2 N–H and O–H groups in total. The first kappa shape index (κ1) is 20.0. The number of aromatic nitrogens is 2. The molecule has 0 aliphatic carbocycles. The number of nitrogens with zero attached hydrogens (tertiary/aromatic N) is 2. The van der Waals surface area contributed by atoms with E-state index in [9.17, 15) is 9.90 Å². The summed E-state index contributed by atoms with van der Waals surface area (Å²) >= 11 is 1.77. The van der Waals surface area contributed by atoms with Crippen molar-refractivity contribution in [1.29, 1.82) is 0 Å². The summed E-state index contributed by atoms with van der Waals surface area (Å²) in [5, 5.41) is 14.2. The fourth-order valence-electron chi connectivity index (χ4n) is 3.30. The lowest BCUT2D eigenvalue weighted by Crippen LogP contribution is -2.28. The molecule has 0 amide bonds. The Morgan fingerprint density at radius 2 is 1.87 bits per heavy atom. The molecule has 0 aliphatic rings. The monoisotopic (exact) mass is 417 g/mol. The van der Waals surface area contributed by atoms with E-state index in [1.807, 2.05) is 43.3 Å². The third-order valence-corrected chi connectivity index (χ3v) is 6.29. The van der Waals surface area contributed by atoms with Gasteiger partial charge in [-0.1, -0.05) is 36.4 Å². The van der Waals surface area contributed by atoms with E-state index in [-0.39, 0.29) is 0 Å². The second-order valence-electron chi connectivity index (χ2n) is 7.80. The lowest BCUT2D eigenvalue weighted by Gasteiger charge is -2.20. The van der Waals surface area contributed by atoms with Crippen LogP contribution in [0.25, 0.3) is 21.3 Å². The van der Waals surface area contributed by atoms with Gasteiger partial charge in [0.25, 0.3) is 0 Å². The number of hydrogen-bond donors (Lipinski definition) is 2. The Balaban J connectivity index is 1.60. The zero-order chi connectivity index (χ0) is 21.3. The minimum Gasteiger partial charge on any atom is -0.481 e. The number of carboxylic acids is 1. The summed E-state index contributed by atoms with van der Waals surface area (Å²) in [5.41, 5.74) is 1.41. The molecule has 4 rings (SSSR count). The summed E-state index contributed by atoms with van der Waals surface area (Å²) in [6, 6.07) is 20.0. The summed E-state index contributed by atoms with van der Waals surface area (Å²) < 4.78 is 1.27. The highest BCUT2D eigenvalue weighted by Gasteiger charge is 2.29. The van der Waals surface area contributed by atoms with Crippen LogP contribution in [0, 0.1) is 6.92 Å². The lowest BCUT2D eigenvalue weighted by molar-refractivity contribution is -0.142. The molecule has 2 aromatic carbocycles. The van der Waals surface area contributed by atoms with E-state index in [1.54, 1.807) is 25.2 Å². The Morgan fingerprint density at radius 1 is 1.07 bits per heavy atom. The van der Waals surface area contributed by atoms with E-state index in [4.69, 9.17) is 0 Å². The number of carbonyl (C=O) groups is 1. The quantitative estimate of drug-likeness (QED) is 0.425. The Hall–Kier alpha value is -3.25. The first-order chi connectivity index (χ1) is 14.3. The number of carboxylic acid groups (broad SMARTS) is 1. The predicted octanol–water partition coefficient (Wildman–Crippen LogP) is 5.64. The van der Waals surface area contributed by atoms with Crippen molar-refractivity contribution < 1.29 is 9.90 Å². The van der Waals surface area contributed by atoms with Gasteiger partial charge >= 0.3 is 5.97 Å². The van der Waals surface area contributed by atoms with Crippen molar-refractivity contribution in [1.82, 2.24) is 9.97 Å². The van der Waals surface area contributed by atoms with Crippen LogP contribution in [-0.4, -0.2) is 21.0 Å². The Morgan fingerprint density at radius 3 is 2.63 bits per heavy atom. The molecule has 0 unspecified atom stereocenters. The largest absolute Gasteiger partial charge is 0.481 e. The molecule has 2 heterocycles. The smallest absolute Gasteiger partial charge is 0.313 e. The van der Waals surface area contributed by atoms with E-state index in [0.29, 0.717) is 12.4 Å². The molecule has 2 aromatic heterocycles. The summed E-state index contributed by atoms with van der Waals surface area (Å²) in [6.07, 6.45) is 0. The molecule has 0 radical (unpaired) electrons. The van der Waals surface area contributed by atoms with Crippen molar-refractivity contribution in [3.05, 3.63) is 76.9 Å². The van der Waals surface area contributed by atoms with Crippen molar-refractivity contribution in [2.24, 2.45) is 0 Å². The Labute approximate surface area is 179 Å². The van der Waals surface area contributed by atoms with Crippen LogP contribution in [0.1, 0.15) is 30.1 Å². The molecule has 6 heteroatoms. The van der Waals surface area contributed by atoms with Crippen LogP contribution in [-0.2, 0) is 16.8 Å². The van der Waals surface area contributed by atoms with Crippen molar-refractivity contribution in [2.45, 2.75) is 32.7 Å². The van der Waals surface area contributed by atoms with Gasteiger partial charge in [-0.05, 0) is 49.9 Å². The number of fused-ring (bicyclic) bond motifs is 1. The maximum Gasteiger partial charge on any atom is 0.313 e. The van der Waals surface area contributed by atoms with Crippen molar-refractivity contribution in [3.8, 4) is 11.3 Å². The zero-order valence-electron chi connectivity index (χ0n) is 17.1. The number of rotatable bonds is 6. The number of nitrogens with one attached hydrogen (secondary N) is 1. The number of aliphatic carboxylic acids is 1. The normalized spacial score (nSPS) is 11.6. The summed E-state index contributed by atoms with van der Waals surface area (Å²) in [5.74, 6) is 0.552. The van der Waals surface area contributed by atoms with Gasteiger partial charge in [-0.2, -0.15) is 0 Å². The highest BCUT2D eigenvalue weighted by atomic mass is 32.1. The number of benzene rings is 2. The molecular formula is C24H23N3O2S. The van der Waals surface area contributed by atoms with Gasteiger partial charge in [0.05, 0.1) is 17.7 Å². The second kappa shape index (κ2) is 7.88. The number of thiophene rings is 1. The SMILES string of the molecule is Cc1nc(NCc2cc3ccccc3s2)cc(-c2cccc(C(C)(C)C(=O)O)c2)n1. The fourth-order valence-corrected chi connectivity index (χ4v) is 4.30. The van der Waals surface area contributed by atoms with E-state index in [0.717, 1.165) is 22.6 Å². The van der Waals surface area contributed by atoms with Crippen LogP contribution < -0.4 is 5.32 Å². The lowest BCUT2D eigenvalue weighted by atomic mass is 9.84. The number of anilines is 1. The van der Waals surface area contributed by atoms with E-state index < -0.39 is 11.4 Å². The van der Waals surface area contributed by atoms with Crippen LogP contribution in [0.3, 0.4) is 0 Å². The molecule has 0 fully saturated rings. The topological polar surface area (TPSA) is 75.1 Å². The van der Waals surface area contributed by atoms with Gasteiger partial charge in [0, 0.05) is 21.2 Å². The molecule has 152 valence electrons. The minimum absolute atomic E-state index is 0.661. The molecule has 0 spiro atoms. The summed E-state index contributed by atoms with van der Waals surface area (Å²) in [6.45, 7) is 5.95. The summed E-state index contributed by atoms with van der Waals surface area (Å²) in [4.78, 5) is 21.9. The van der Waals surface area contributed by atoms with Crippen LogP contribution in [0.5, 0.6) is 0 Å². The molecule has 4 aromatic rings. The molecule has 5 nitrogen and oxygen atoms in total. The number of aryl methyl sites for hydroxylation is 1. The van der Waals surface area contributed by atoms with Crippen LogP contribution in [0.4, 0.5) is 5.82 Å². The highest BCUT2D eigenvalue weighted by Crippen LogP contribution is 2.29. The molecule has 30 heavy (non-hydrogen) atoms. The van der Waals surface area contributed by atoms with Gasteiger partial charge in [-0.15, -0.1) is 11.3 Å².